The average molecular weight is 318 g/mol. The van der Waals surface area contributed by atoms with Gasteiger partial charge < -0.3 is 15.2 Å². The summed E-state index contributed by atoms with van der Waals surface area (Å²) in [6.45, 7) is 0. The highest BCUT2D eigenvalue weighted by Gasteiger charge is 2.42. The molecule has 2 heterocycles. The van der Waals surface area contributed by atoms with Gasteiger partial charge in [0.15, 0.2) is 5.72 Å². The molecule has 0 aliphatic carbocycles. The minimum Gasteiger partial charge on any atom is -0.457 e. The number of carbonyl (C=O) groups is 1. The lowest BCUT2D eigenvalue weighted by atomic mass is 9.95. The van der Waals surface area contributed by atoms with Gasteiger partial charge in [-0.3, -0.25) is 9.78 Å². The Hall–Kier alpha value is -3.18. The number of rotatable bonds is 3. The van der Waals surface area contributed by atoms with Crippen molar-refractivity contribution in [3.63, 3.8) is 0 Å². The van der Waals surface area contributed by atoms with E-state index < -0.39 is 5.72 Å². The Kier molecular flexibility index (Phi) is 3.29. The van der Waals surface area contributed by atoms with Crippen molar-refractivity contribution in [2.75, 3.05) is 0 Å². The molecule has 0 fully saturated rings. The molecule has 5 heteroatoms. The topological polar surface area (TPSA) is 71.5 Å². The third kappa shape index (κ3) is 2.31. The van der Waals surface area contributed by atoms with Gasteiger partial charge in [0.05, 0.1) is 5.56 Å². The van der Waals surface area contributed by atoms with Crippen LogP contribution in [0.2, 0.25) is 0 Å². The normalized spacial score (nSPS) is 18.8. The Bertz CT molecular complexity index is 894. The number of aromatic nitrogens is 1. The molecular formula is C19H14N2O3. The van der Waals surface area contributed by atoms with Gasteiger partial charge in [-0.05, 0) is 30.3 Å². The van der Waals surface area contributed by atoms with Crippen LogP contribution in [0.1, 0.15) is 21.5 Å². The molecule has 118 valence electrons. The van der Waals surface area contributed by atoms with Gasteiger partial charge in [-0.25, -0.2) is 0 Å². The van der Waals surface area contributed by atoms with Gasteiger partial charge in [0, 0.05) is 23.5 Å². The third-order valence-electron chi connectivity index (χ3n) is 4.00. The van der Waals surface area contributed by atoms with Gasteiger partial charge in [-0.15, -0.1) is 0 Å². The van der Waals surface area contributed by atoms with Crippen LogP contribution in [-0.2, 0) is 5.72 Å². The lowest BCUT2D eigenvalue weighted by Crippen LogP contribution is -2.40. The molecule has 1 aliphatic rings. The Morgan fingerprint density at radius 3 is 2.42 bits per heavy atom. The second kappa shape index (κ2) is 5.47. The van der Waals surface area contributed by atoms with E-state index in [1.165, 1.54) is 6.20 Å². The molecule has 1 atom stereocenters. The maximum absolute atomic E-state index is 12.0. The first-order valence-electron chi connectivity index (χ1n) is 7.50. The van der Waals surface area contributed by atoms with E-state index in [0.29, 0.717) is 22.4 Å². The number of nitrogens with zero attached hydrogens (tertiary/aromatic N) is 1. The Labute approximate surface area is 138 Å². The molecule has 2 N–H and O–H groups in total. The van der Waals surface area contributed by atoms with Crippen LogP contribution in [0.4, 0.5) is 0 Å². The second-order valence-corrected chi connectivity index (χ2v) is 5.53. The molecule has 3 aromatic rings. The summed E-state index contributed by atoms with van der Waals surface area (Å²) in [6.07, 6.45) is 3.01. The summed E-state index contributed by atoms with van der Waals surface area (Å²) >= 11 is 0. The summed E-state index contributed by atoms with van der Waals surface area (Å²) in [4.78, 5) is 16.0. The minimum atomic E-state index is -1.55. The lowest BCUT2D eigenvalue weighted by Gasteiger charge is -2.24. The van der Waals surface area contributed by atoms with Crippen molar-refractivity contribution in [2.45, 2.75) is 5.72 Å². The smallest absolute Gasteiger partial charge is 0.256 e. The van der Waals surface area contributed by atoms with E-state index in [2.05, 4.69) is 10.3 Å². The van der Waals surface area contributed by atoms with Gasteiger partial charge in [0.2, 0.25) is 0 Å². The van der Waals surface area contributed by atoms with Crippen molar-refractivity contribution in [1.82, 2.24) is 10.3 Å². The maximum atomic E-state index is 12.0. The molecule has 0 bridgehead atoms. The Balaban J connectivity index is 1.65. The number of carbonyl (C=O) groups excluding carboxylic acids is 1. The van der Waals surface area contributed by atoms with Crippen molar-refractivity contribution in [3.05, 3.63) is 89.7 Å². The second-order valence-electron chi connectivity index (χ2n) is 5.53. The molecule has 24 heavy (non-hydrogen) atoms. The quantitative estimate of drug-likeness (QED) is 0.779. The van der Waals surface area contributed by atoms with Gasteiger partial charge >= 0.3 is 0 Å². The van der Waals surface area contributed by atoms with Gasteiger partial charge in [-0.1, -0.05) is 30.3 Å². The van der Waals surface area contributed by atoms with E-state index in [-0.39, 0.29) is 5.91 Å². The van der Waals surface area contributed by atoms with E-state index in [1.807, 2.05) is 30.3 Å². The van der Waals surface area contributed by atoms with Crippen LogP contribution in [0.25, 0.3) is 0 Å². The van der Waals surface area contributed by atoms with Crippen LogP contribution >= 0.6 is 0 Å². The van der Waals surface area contributed by atoms with Crippen molar-refractivity contribution in [3.8, 4) is 11.5 Å². The number of amides is 1. The van der Waals surface area contributed by atoms with Crippen molar-refractivity contribution in [1.29, 1.82) is 0 Å². The first kappa shape index (κ1) is 14.4. The van der Waals surface area contributed by atoms with E-state index in [0.717, 1.165) is 5.75 Å². The summed E-state index contributed by atoms with van der Waals surface area (Å²) < 4.78 is 5.74. The molecule has 0 saturated carbocycles. The standard InChI is InChI=1S/C19H14N2O3/c22-18-16-12-20-11-10-17(16)19(23,21-18)13-6-8-15(9-7-13)24-14-4-2-1-3-5-14/h1-12,23H,(H,21,22). The Morgan fingerprint density at radius 2 is 1.67 bits per heavy atom. The highest BCUT2D eigenvalue weighted by atomic mass is 16.5. The molecule has 4 rings (SSSR count). The zero-order valence-corrected chi connectivity index (χ0v) is 12.6. The molecule has 0 radical (unpaired) electrons. The van der Waals surface area contributed by atoms with Gasteiger partial charge in [0.1, 0.15) is 11.5 Å². The summed E-state index contributed by atoms with van der Waals surface area (Å²) in [5, 5.41) is 13.6. The van der Waals surface area contributed by atoms with Gasteiger partial charge in [-0.2, -0.15) is 0 Å². The van der Waals surface area contributed by atoms with E-state index >= 15 is 0 Å². The fourth-order valence-electron chi connectivity index (χ4n) is 2.81. The number of fused-ring (bicyclic) bond motifs is 1. The SMILES string of the molecule is O=C1NC(O)(c2ccc(Oc3ccccc3)cc2)c2ccncc21. The fourth-order valence-corrected chi connectivity index (χ4v) is 2.81. The molecule has 0 saturated heterocycles. The predicted molar refractivity (Wildman–Crippen MR) is 87.7 cm³/mol. The summed E-state index contributed by atoms with van der Waals surface area (Å²) in [7, 11) is 0. The number of hydrogen-bond donors (Lipinski definition) is 2. The average Bonchev–Trinajstić information content (AvgIpc) is 2.89. The molecule has 2 aromatic carbocycles. The molecule has 1 aromatic heterocycles. The van der Waals surface area contributed by atoms with Crippen molar-refractivity contribution < 1.29 is 14.6 Å². The molecule has 5 nitrogen and oxygen atoms in total. The van der Waals surface area contributed by atoms with Crippen LogP contribution in [0.15, 0.2) is 73.1 Å². The van der Waals surface area contributed by atoms with Crippen LogP contribution in [0.3, 0.4) is 0 Å². The van der Waals surface area contributed by atoms with Crippen LogP contribution in [0.5, 0.6) is 11.5 Å². The zero-order valence-electron chi connectivity index (χ0n) is 12.6. The van der Waals surface area contributed by atoms with E-state index in [4.69, 9.17) is 4.74 Å². The molecule has 1 amide bonds. The number of ether oxygens (including phenoxy) is 1. The number of nitrogens with one attached hydrogen (secondary N) is 1. The molecule has 1 unspecified atom stereocenters. The molecule has 0 spiro atoms. The van der Waals surface area contributed by atoms with E-state index in [1.54, 1.807) is 36.5 Å². The Morgan fingerprint density at radius 1 is 0.958 bits per heavy atom. The maximum Gasteiger partial charge on any atom is 0.256 e. The highest BCUT2D eigenvalue weighted by molar-refractivity contribution is 6.00. The highest BCUT2D eigenvalue weighted by Crippen LogP contribution is 2.35. The van der Waals surface area contributed by atoms with Gasteiger partial charge in [0.25, 0.3) is 5.91 Å². The summed E-state index contributed by atoms with van der Waals surface area (Å²) in [6, 6.07) is 18.0. The zero-order chi connectivity index (χ0) is 16.6. The van der Waals surface area contributed by atoms with Crippen molar-refractivity contribution >= 4 is 5.91 Å². The molecule has 1 aliphatic heterocycles. The number of para-hydroxylation sites is 1. The van der Waals surface area contributed by atoms with Crippen LogP contribution in [0, 0.1) is 0 Å². The van der Waals surface area contributed by atoms with Crippen LogP contribution in [-0.4, -0.2) is 16.0 Å². The predicted octanol–water partition coefficient (Wildman–Crippen LogP) is 2.81. The number of benzene rings is 2. The monoisotopic (exact) mass is 318 g/mol. The first-order chi connectivity index (χ1) is 11.7. The largest absolute Gasteiger partial charge is 0.457 e. The minimum absolute atomic E-state index is 0.342. The third-order valence-corrected chi connectivity index (χ3v) is 4.00. The first-order valence-corrected chi connectivity index (χ1v) is 7.50. The number of aliphatic hydroxyl groups is 1. The summed E-state index contributed by atoms with van der Waals surface area (Å²) in [5.74, 6) is 1.03. The van der Waals surface area contributed by atoms with E-state index in [9.17, 15) is 9.90 Å². The van der Waals surface area contributed by atoms with Crippen molar-refractivity contribution in [2.24, 2.45) is 0 Å². The van der Waals surface area contributed by atoms with Crippen LogP contribution < -0.4 is 10.1 Å². The fraction of sp³-hybridized carbons (Fsp3) is 0.0526. The number of hydrogen-bond acceptors (Lipinski definition) is 4. The lowest BCUT2D eigenvalue weighted by molar-refractivity contribution is 0.0476. The summed E-state index contributed by atoms with van der Waals surface area (Å²) in [5.41, 5.74) is -0.120. The molecular weight excluding hydrogens is 304 g/mol. The number of pyridine rings is 1.